The first kappa shape index (κ1) is 14.5. The summed E-state index contributed by atoms with van der Waals surface area (Å²) in [5, 5.41) is 3.19. The molecule has 2 heterocycles. The zero-order chi connectivity index (χ0) is 15.3. The van der Waals surface area contributed by atoms with Crippen LogP contribution in [-0.4, -0.2) is 31.4 Å². The van der Waals surface area contributed by atoms with Crippen molar-refractivity contribution in [3.8, 4) is 0 Å². The third kappa shape index (κ3) is 2.80. The van der Waals surface area contributed by atoms with E-state index < -0.39 is 15.4 Å². The van der Waals surface area contributed by atoms with Gasteiger partial charge in [-0.05, 0) is 31.5 Å². The number of nitrogens with one attached hydrogen (secondary N) is 1. The Bertz CT molecular complexity index is 828. The number of rotatable bonds is 2. The van der Waals surface area contributed by atoms with Gasteiger partial charge in [-0.1, -0.05) is 6.07 Å². The molecule has 0 saturated carbocycles. The molecule has 1 aliphatic heterocycles. The summed E-state index contributed by atoms with van der Waals surface area (Å²) in [4.78, 5) is 12.7. The van der Waals surface area contributed by atoms with Gasteiger partial charge in [-0.3, -0.25) is 4.79 Å². The summed E-state index contributed by atoms with van der Waals surface area (Å²) < 4.78 is 37.4. The van der Waals surface area contributed by atoms with E-state index in [2.05, 4.69) is 5.32 Å². The largest absolute Gasteiger partial charge is 0.345 e. The second-order valence-corrected chi connectivity index (χ2v) is 8.89. The van der Waals surface area contributed by atoms with Crippen LogP contribution in [0.4, 0.5) is 4.39 Å². The van der Waals surface area contributed by atoms with Crippen molar-refractivity contribution in [1.82, 2.24) is 5.32 Å². The van der Waals surface area contributed by atoms with E-state index in [0.717, 1.165) is 0 Å². The highest BCUT2D eigenvalue weighted by molar-refractivity contribution is 7.91. The van der Waals surface area contributed by atoms with E-state index in [-0.39, 0.29) is 23.2 Å². The van der Waals surface area contributed by atoms with Crippen LogP contribution in [0, 0.1) is 5.82 Å². The molecule has 0 aliphatic carbocycles. The molecule has 1 aromatic heterocycles. The van der Waals surface area contributed by atoms with Gasteiger partial charge in [-0.2, -0.15) is 0 Å². The maximum absolute atomic E-state index is 13.6. The molecular weight excluding hydrogens is 313 g/mol. The predicted octanol–water partition coefficient (Wildman–Crippen LogP) is 2.35. The lowest BCUT2D eigenvalue weighted by Crippen LogP contribution is -2.46. The fraction of sp³-hybridized carbons (Fsp3) is 0.357. The molecule has 1 aliphatic rings. The number of benzene rings is 1. The van der Waals surface area contributed by atoms with Crippen LogP contribution in [0.2, 0.25) is 0 Å². The lowest BCUT2D eigenvalue weighted by atomic mass is 10.0. The molecule has 2 aromatic rings. The molecule has 1 saturated heterocycles. The lowest BCUT2D eigenvalue weighted by Gasteiger charge is -2.23. The minimum Gasteiger partial charge on any atom is -0.345 e. The second-order valence-electron chi connectivity index (χ2n) is 5.62. The normalized spacial score (nSPS) is 24.3. The SMILES string of the molecule is C[C@@]1(NC(=O)c2cc3c(F)cccc3s2)CCS(=O)(=O)C1. The first-order chi connectivity index (χ1) is 9.78. The van der Waals surface area contributed by atoms with Crippen LogP contribution >= 0.6 is 11.3 Å². The molecular formula is C14H14FNO3S2. The van der Waals surface area contributed by atoms with Gasteiger partial charge in [0.2, 0.25) is 0 Å². The number of carbonyl (C=O) groups excluding carboxylic acids is 1. The Morgan fingerprint density at radius 2 is 2.19 bits per heavy atom. The monoisotopic (exact) mass is 327 g/mol. The number of fused-ring (bicyclic) bond motifs is 1. The number of hydrogen-bond donors (Lipinski definition) is 1. The van der Waals surface area contributed by atoms with Gasteiger partial charge in [0.1, 0.15) is 5.82 Å². The zero-order valence-electron chi connectivity index (χ0n) is 11.3. The molecule has 1 fully saturated rings. The molecule has 7 heteroatoms. The van der Waals surface area contributed by atoms with Crippen LogP contribution in [0.5, 0.6) is 0 Å². The predicted molar refractivity (Wildman–Crippen MR) is 80.9 cm³/mol. The highest BCUT2D eigenvalue weighted by Gasteiger charge is 2.39. The summed E-state index contributed by atoms with van der Waals surface area (Å²) >= 11 is 1.20. The fourth-order valence-corrected chi connectivity index (χ4v) is 5.65. The van der Waals surface area contributed by atoms with E-state index in [4.69, 9.17) is 0 Å². The highest BCUT2D eigenvalue weighted by atomic mass is 32.2. The van der Waals surface area contributed by atoms with Gasteiger partial charge in [0.25, 0.3) is 5.91 Å². The number of sulfone groups is 1. The number of halogens is 1. The minimum absolute atomic E-state index is 0.0506. The number of amides is 1. The van der Waals surface area contributed by atoms with E-state index >= 15 is 0 Å². The summed E-state index contributed by atoms with van der Waals surface area (Å²) in [6.45, 7) is 1.73. The van der Waals surface area contributed by atoms with Crippen LogP contribution < -0.4 is 5.32 Å². The molecule has 0 bridgehead atoms. The molecule has 1 atom stereocenters. The van der Waals surface area contributed by atoms with Gasteiger partial charge < -0.3 is 5.32 Å². The van der Waals surface area contributed by atoms with E-state index in [9.17, 15) is 17.6 Å². The Labute approximate surface area is 125 Å². The molecule has 0 radical (unpaired) electrons. The Hall–Kier alpha value is -1.47. The average molecular weight is 327 g/mol. The van der Waals surface area contributed by atoms with Crippen molar-refractivity contribution in [2.75, 3.05) is 11.5 Å². The second kappa shape index (κ2) is 4.78. The smallest absolute Gasteiger partial charge is 0.261 e. The quantitative estimate of drug-likeness (QED) is 0.921. The van der Waals surface area contributed by atoms with Crippen LogP contribution in [0.25, 0.3) is 10.1 Å². The molecule has 1 aromatic carbocycles. The third-order valence-corrected chi connectivity index (χ3v) is 6.65. The number of carbonyl (C=O) groups is 1. The standard InChI is InChI=1S/C14H14FNO3S2/c1-14(5-6-21(18,19)8-14)16-13(17)12-7-9-10(15)3-2-4-11(9)20-12/h2-4,7H,5-6,8H2,1H3,(H,16,17)/t14-/m1/s1. The van der Waals surface area contributed by atoms with E-state index in [1.807, 2.05) is 0 Å². The summed E-state index contributed by atoms with van der Waals surface area (Å²) in [6.07, 6.45) is 0.403. The molecule has 112 valence electrons. The third-order valence-electron chi connectivity index (χ3n) is 3.65. The summed E-state index contributed by atoms with van der Waals surface area (Å²) in [5.41, 5.74) is -0.745. The Balaban J connectivity index is 1.86. The highest BCUT2D eigenvalue weighted by Crippen LogP contribution is 2.29. The van der Waals surface area contributed by atoms with Crippen LogP contribution in [0.15, 0.2) is 24.3 Å². The van der Waals surface area contributed by atoms with Crippen molar-refractivity contribution < 1.29 is 17.6 Å². The van der Waals surface area contributed by atoms with E-state index in [0.29, 0.717) is 21.4 Å². The lowest BCUT2D eigenvalue weighted by molar-refractivity contribution is 0.0919. The van der Waals surface area contributed by atoms with Crippen molar-refractivity contribution in [1.29, 1.82) is 0 Å². The number of hydrogen-bond acceptors (Lipinski definition) is 4. The zero-order valence-corrected chi connectivity index (χ0v) is 13.0. The average Bonchev–Trinajstić information content (AvgIpc) is 2.92. The van der Waals surface area contributed by atoms with Crippen molar-refractivity contribution in [3.05, 3.63) is 35.0 Å². The van der Waals surface area contributed by atoms with Crippen molar-refractivity contribution in [2.24, 2.45) is 0 Å². The van der Waals surface area contributed by atoms with Gasteiger partial charge in [-0.25, -0.2) is 12.8 Å². The van der Waals surface area contributed by atoms with Crippen molar-refractivity contribution in [2.45, 2.75) is 18.9 Å². The first-order valence-corrected chi connectivity index (χ1v) is 9.13. The fourth-order valence-electron chi connectivity index (χ4n) is 2.58. The van der Waals surface area contributed by atoms with Crippen LogP contribution in [-0.2, 0) is 9.84 Å². The molecule has 4 nitrogen and oxygen atoms in total. The molecule has 1 N–H and O–H groups in total. The Morgan fingerprint density at radius 1 is 1.43 bits per heavy atom. The molecule has 1 amide bonds. The number of thiophene rings is 1. The van der Waals surface area contributed by atoms with E-state index in [1.165, 1.54) is 23.5 Å². The molecule has 3 rings (SSSR count). The van der Waals surface area contributed by atoms with Crippen LogP contribution in [0.1, 0.15) is 23.0 Å². The summed E-state index contributed by atoms with van der Waals surface area (Å²) in [6, 6.07) is 6.21. The van der Waals surface area contributed by atoms with Crippen molar-refractivity contribution in [3.63, 3.8) is 0 Å². The summed E-state index contributed by atoms with van der Waals surface area (Å²) in [7, 11) is -3.08. The van der Waals surface area contributed by atoms with Gasteiger partial charge >= 0.3 is 0 Å². The van der Waals surface area contributed by atoms with Gasteiger partial charge in [-0.15, -0.1) is 11.3 Å². The topological polar surface area (TPSA) is 63.2 Å². The minimum atomic E-state index is -3.08. The maximum Gasteiger partial charge on any atom is 0.261 e. The van der Waals surface area contributed by atoms with Crippen LogP contribution in [0.3, 0.4) is 0 Å². The maximum atomic E-state index is 13.6. The van der Waals surface area contributed by atoms with Gasteiger partial charge in [0.05, 0.1) is 21.9 Å². The first-order valence-electron chi connectivity index (χ1n) is 6.49. The molecule has 0 spiro atoms. The Kier molecular flexibility index (Phi) is 3.29. The summed E-state index contributed by atoms with van der Waals surface area (Å²) in [5.74, 6) is -0.678. The van der Waals surface area contributed by atoms with Gasteiger partial charge in [0.15, 0.2) is 9.84 Å². The molecule has 0 unspecified atom stereocenters. The molecule has 21 heavy (non-hydrogen) atoms. The van der Waals surface area contributed by atoms with Crippen molar-refractivity contribution >= 4 is 37.2 Å². The van der Waals surface area contributed by atoms with E-state index in [1.54, 1.807) is 19.1 Å². The Morgan fingerprint density at radius 3 is 2.81 bits per heavy atom. The van der Waals surface area contributed by atoms with Gasteiger partial charge in [0, 0.05) is 10.1 Å².